The van der Waals surface area contributed by atoms with Crippen molar-refractivity contribution in [1.82, 2.24) is 0 Å². The normalized spacial score (nSPS) is 12.5. The van der Waals surface area contributed by atoms with Crippen LogP contribution in [0.1, 0.15) is 22.1 Å². The molecule has 19 heavy (non-hydrogen) atoms. The van der Waals surface area contributed by atoms with Crippen molar-refractivity contribution in [3.63, 3.8) is 0 Å². The van der Waals surface area contributed by atoms with Crippen LogP contribution in [-0.4, -0.2) is 0 Å². The van der Waals surface area contributed by atoms with Crippen LogP contribution in [0.25, 0.3) is 0 Å². The zero-order valence-electron chi connectivity index (χ0n) is 10.3. The molecule has 1 unspecified atom stereocenters. The smallest absolute Gasteiger partial charge is 0.137 e. The van der Waals surface area contributed by atoms with Crippen LogP contribution in [0.5, 0.6) is 0 Å². The molecule has 2 aromatic rings. The molecule has 0 aliphatic carbocycles. The molecule has 2 aromatic carbocycles. The van der Waals surface area contributed by atoms with Crippen molar-refractivity contribution >= 4 is 27.5 Å². The van der Waals surface area contributed by atoms with Crippen LogP contribution >= 0.6 is 27.5 Å². The van der Waals surface area contributed by atoms with Crippen LogP contribution in [0.3, 0.4) is 0 Å². The van der Waals surface area contributed by atoms with E-state index in [-0.39, 0.29) is 10.0 Å². The van der Waals surface area contributed by atoms with Crippen molar-refractivity contribution in [3.8, 4) is 0 Å². The molecule has 0 N–H and O–H groups in total. The molecule has 1 atom stereocenters. The second-order valence-corrected chi connectivity index (χ2v) is 5.83. The number of rotatable bonds is 3. The van der Waals surface area contributed by atoms with Crippen LogP contribution in [0, 0.1) is 18.6 Å². The van der Waals surface area contributed by atoms with Crippen LogP contribution in [0.2, 0.25) is 0 Å². The van der Waals surface area contributed by atoms with E-state index >= 15 is 0 Å². The lowest BCUT2D eigenvalue weighted by molar-refractivity contribution is 0.577. The van der Waals surface area contributed by atoms with Crippen LogP contribution in [0.15, 0.2) is 40.9 Å². The monoisotopic (exact) mass is 344 g/mol. The highest BCUT2D eigenvalue weighted by Gasteiger charge is 2.16. The Balaban J connectivity index is 2.25. The average molecular weight is 346 g/mol. The van der Waals surface area contributed by atoms with Gasteiger partial charge in [0.25, 0.3) is 0 Å². The summed E-state index contributed by atoms with van der Waals surface area (Å²) in [6, 6.07) is 10.1. The highest BCUT2D eigenvalue weighted by atomic mass is 79.9. The van der Waals surface area contributed by atoms with Gasteiger partial charge in [0.2, 0.25) is 0 Å². The fourth-order valence-electron chi connectivity index (χ4n) is 1.93. The average Bonchev–Trinajstić information content (AvgIpc) is 2.33. The van der Waals surface area contributed by atoms with E-state index in [1.54, 1.807) is 0 Å². The van der Waals surface area contributed by atoms with E-state index in [1.807, 2.05) is 31.2 Å². The van der Waals surface area contributed by atoms with Gasteiger partial charge in [-0.2, -0.15) is 0 Å². The van der Waals surface area contributed by atoms with Gasteiger partial charge in [-0.15, -0.1) is 11.6 Å². The molecule has 0 bridgehead atoms. The van der Waals surface area contributed by atoms with Gasteiger partial charge in [0.15, 0.2) is 0 Å². The van der Waals surface area contributed by atoms with E-state index < -0.39 is 17.0 Å². The van der Waals surface area contributed by atoms with Crippen molar-refractivity contribution < 1.29 is 8.78 Å². The molecule has 0 nitrogen and oxygen atoms in total. The molecule has 4 heteroatoms. The van der Waals surface area contributed by atoms with Gasteiger partial charge in [0, 0.05) is 5.56 Å². The summed E-state index contributed by atoms with van der Waals surface area (Å²) in [4.78, 5) is 0. The van der Waals surface area contributed by atoms with E-state index in [4.69, 9.17) is 11.6 Å². The Bertz CT molecular complexity index is 599. The van der Waals surface area contributed by atoms with Gasteiger partial charge in [-0.1, -0.05) is 29.8 Å². The number of hydrogen-bond acceptors (Lipinski definition) is 0. The highest BCUT2D eigenvalue weighted by Crippen LogP contribution is 2.30. The Morgan fingerprint density at radius 2 is 1.89 bits per heavy atom. The van der Waals surface area contributed by atoms with Crippen molar-refractivity contribution in [1.29, 1.82) is 0 Å². The van der Waals surface area contributed by atoms with Gasteiger partial charge >= 0.3 is 0 Å². The summed E-state index contributed by atoms with van der Waals surface area (Å²) in [7, 11) is 0. The molecule has 0 saturated heterocycles. The molecule has 0 fully saturated rings. The minimum atomic E-state index is -0.593. The summed E-state index contributed by atoms with van der Waals surface area (Å²) >= 11 is 9.15. The number of halogens is 4. The van der Waals surface area contributed by atoms with E-state index in [9.17, 15) is 8.78 Å². The Morgan fingerprint density at radius 1 is 1.16 bits per heavy atom. The maximum atomic E-state index is 13.8. The molecule has 0 aliphatic rings. The van der Waals surface area contributed by atoms with E-state index in [0.717, 1.165) is 23.3 Å². The Labute approximate surface area is 124 Å². The summed E-state index contributed by atoms with van der Waals surface area (Å²) in [5.41, 5.74) is 2.30. The number of aryl methyl sites for hydroxylation is 1. The van der Waals surface area contributed by atoms with Crippen molar-refractivity contribution in [3.05, 3.63) is 69.2 Å². The zero-order chi connectivity index (χ0) is 14.0. The maximum Gasteiger partial charge on any atom is 0.137 e. The summed E-state index contributed by atoms with van der Waals surface area (Å²) < 4.78 is 27.3. The summed E-state index contributed by atoms with van der Waals surface area (Å²) in [5, 5.41) is -0.593. The standard InChI is InChI=1S/C15H12BrClF2/c1-9-3-2-4-10(5-9)6-13(17)11-7-15(19)12(16)8-14(11)18/h2-5,7-8,13H,6H2,1H3. The predicted molar refractivity (Wildman–Crippen MR) is 77.5 cm³/mol. The van der Waals surface area contributed by atoms with Crippen molar-refractivity contribution in [2.75, 3.05) is 0 Å². The van der Waals surface area contributed by atoms with E-state index in [0.29, 0.717) is 6.42 Å². The Kier molecular flexibility index (Phi) is 4.58. The molecule has 0 amide bonds. The molecular weight excluding hydrogens is 334 g/mol. The Morgan fingerprint density at radius 3 is 2.58 bits per heavy atom. The van der Waals surface area contributed by atoms with E-state index in [1.165, 1.54) is 0 Å². The molecule has 0 spiro atoms. The molecule has 0 aromatic heterocycles. The summed E-state index contributed by atoms with van der Waals surface area (Å²) in [6.45, 7) is 1.98. The fourth-order valence-corrected chi connectivity index (χ4v) is 2.59. The third kappa shape index (κ3) is 3.54. The van der Waals surface area contributed by atoms with Gasteiger partial charge in [0.05, 0.1) is 9.85 Å². The van der Waals surface area contributed by atoms with Gasteiger partial charge in [-0.25, -0.2) is 8.78 Å². The zero-order valence-corrected chi connectivity index (χ0v) is 12.6. The SMILES string of the molecule is Cc1cccc(CC(Cl)c2cc(F)c(Br)cc2F)c1. The lowest BCUT2D eigenvalue weighted by atomic mass is 10.0. The summed E-state index contributed by atoms with van der Waals surface area (Å²) in [6.07, 6.45) is 0.460. The van der Waals surface area contributed by atoms with Gasteiger partial charge < -0.3 is 0 Å². The highest BCUT2D eigenvalue weighted by molar-refractivity contribution is 9.10. The van der Waals surface area contributed by atoms with Gasteiger partial charge in [-0.3, -0.25) is 0 Å². The van der Waals surface area contributed by atoms with Crippen molar-refractivity contribution in [2.45, 2.75) is 18.7 Å². The third-order valence-electron chi connectivity index (χ3n) is 2.87. The number of benzene rings is 2. The maximum absolute atomic E-state index is 13.8. The molecule has 0 heterocycles. The molecule has 100 valence electrons. The second-order valence-electron chi connectivity index (χ2n) is 4.45. The minimum absolute atomic E-state index is 0.105. The predicted octanol–water partition coefficient (Wildman–Crippen LogP) is 5.56. The first-order valence-corrected chi connectivity index (χ1v) is 7.04. The number of alkyl halides is 1. The van der Waals surface area contributed by atoms with Crippen LogP contribution in [-0.2, 0) is 6.42 Å². The first kappa shape index (κ1) is 14.5. The van der Waals surface area contributed by atoms with Crippen LogP contribution < -0.4 is 0 Å². The molecule has 0 aliphatic heterocycles. The first-order chi connectivity index (χ1) is 8.97. The molecule has 0 saturated carbocycles. The lowest BCUT2D eigenvalue weighted by Crippen LogP contribution is -2.01. The topological polar surface area (TPSA) is 0 Å². The molecule has 2 rings (SSSR count). The van der Waals surface area contributed by atoms with Crippen LogP contribution in [0.4, 0.5) is 8.78 Å². The van der Waals surface area contributed by atoms with Gasteiger partial charge in [0.1, 0.15) is 11.6 Å². The van der Waals surface area contributed by atoms with Crippen molar-refractivity contribution in [2.24, 2.45) is 0 Å². The largest absolute Gasteiger partial charge is 0.207 e. The summed E-state index contributed by atoms with van der Waals surface area (Å²) in [5.74, 6) is -1.01. The fraction of sp³-hybridized carbons (Fsp3) is 0.200. The Hall–Kier alpha value is -0.930. The second kappa shape index (κ2) is 6.02. The quantitative estimate of drug-likeness (QED) is 0.505. The lowest BCUT2D eigenvalue weighted by Gasteiger charge is -2.12. The third-order valence-corrected chi connectivity index (χ3v) is 3.87. The first-order valence-electron chi connectivity index (χ1n) is 5.81. The minimum Gasteiger partial charge on any atom is -0.207 e. The number of hydrogen-bond donors (Lipinski definition) is 0. The van der Waals surface area contributed by atoms with Gasteiger partial charge in [-0.05, 0) is 47.0 Å². The van der Waals surface area contributed by atoms with E-state index in [2.05, 4.69) is 15.9 Å². The molecular formula is C15H12BrClF2. The molecule has 0 radical (unpaired) electrons.